The Labute approximate surface area is 68.2 Å². The Morgan fingerprint density at radius 3 is 2.55 bits per heavy atom. The standard InChI is InChI=1S/C9H16O2/c1-5-7(2)6-8(3)9(10)11-4/h5,7-8H,1,6H2,2-4H3/t7-,8-/m0/s1. The minimum Gasteiger partial charge on any atom is -0.469 e. The molecule has 0 heterocycles. The molecule has 0 bridgehead atoms. The predicted molar refractivity (Wildman–Crippen MR) is 45.2 cm³/mol. The van der Waals surface area contributed by atoms with Gasteiger partial charge in [0.2, 0.25) is 0 Å². The third-order valence-electron chi connectivity index (χ3n) is 1.73. The highest BCUT2D eigenvalue weighted by atomic mass is 16.5. The van der Waals surface area contributed by atoms with Gasteiger partial charge >= 0.3 is 5.97 Å². The maximum atomic E-state index is 10.9. The van der Waals surface area contributed by atoms with Crippen LogP contribution in [0.15, 0.2) is 12.7 Å². The zero-order chi connectivity index (χ0) is 8.85. The molecule has 0 saturated heterocycles. The van der Waals surface area contributed by atoms with Crippen LogP contribution in [0, 0.1) is 11.8 Å². The maximum Gasteiger partial charge on any atom is 0.308 e. The molecular weight excluding hydrogens is 140 g/mol. The van der Waals surface area contributed by atoms with E-state index in [1.54, 1.807) is 0 Å². The van der Waals surface area contributed by atoms with Gasteiger partial charge in [-0.15, -0.1) is 6.58 Å². The molecule has 2 heteroatoms. The molecule has 0 fully saturated rings. The van der Waals surface area contributed by atoms with Crippen molar-refractivity contribution in [3.63, 3.8) is 0 Å². The van der Waals surface area contributed by atoms with E-state index in [0.29, 0.717) is 5.92 Å². The zero-order valence-corrected chi connectivity index (χ0v) is 7.46. The summed E-state index contributed by atoms with van der Waals surface area (Å²) in [5, 5.41) is 0. The second-order valence-electron chi connectivity index (χ2n) is 2.87. The fourth-order valence-corrected chi connectivity index (χ4v) is 0.951. The van der Waals surface area contributed by atoms with Gasteiger partial charge in [0, 0.05) is 0 Å². The number of methoxy groups -OCH3 is 1. The highest BCUT2D eigenvalue weighted by molar-refractivity contribution is 5.71. The Bertz CT molecular complexity index is 140. The van der Waals surface area contributed by atoms with Crippen molar-refractivity contribution in [1.29, 1.82) is 0 Å². The van der Waals surface area contributed by atoms with Crippen LogP contribution >= 0.6 is 0 Å². The normalized spacial score (nSPS) is 15.2. The summed E-state index contributed by atoms with van der Waals surface area (Å²) in [6.45, 7) is 7.55. The van der Waals surface area contributed by atoms with E-state index in [-0.39, 0.29) is 11.9 Å². The van der Waals surface area contributed by atoms with Crippen LogP contribution in [-0.4, -0.2) is 13.1 Å². The minimum absolute atomic E-state index is 0.0204. The van der Waals surface area contributed by atoms with Crippen LogP contribution in [0.4, 0.5) is 0 Å². The van der Waals surface area contributed by atoms with Gasteiger partial charge < -0.3 is 4.74 Å². The van der Waals surface area contributed by atoms with E-state index >= 15 is 0 Å². The van der Waals surface area contributed by atoms with Crippen LogP contribution in [0.1, 0.15) is 20.3 Å². The van der Waals surface area contributed by atoms with Crippen molar-refractivity contribution in [2.24, 2.45) is 11.8 Å². The largest absolute Gasteiger partial charge is 0.469 e. The van der Waals surface area contributed by atoms with Gasteiger partial charge in [0.05, 0.1) is 13.0 Å². The summed E-state index contributed by atoms with van der Waals surface area (Å²) in [5.41, 5.74) is 0. The molecule has 0 aromatic rings. The summed E-state index contributed by atoms with van der Waals surface area (Å²) in [7, 11) is 1.41. The third kappa shape index (κ3) is 3.81. The smallest absolute Gasteiger partial charge is 0.308 e. The van der Waals surface area contributed by atoms with Crippen molar-refractivity contribution in [1.82, 2.24) is 0 Å². The van der Waals surface area contributed by atoms with Gasteiger partial charge in [0.25, 0.3) is 0 Å². The van der Waals surface area contributed by atoms with Crippen LogP contribution in [0.2, 0.25) is 0 Å². The van der Waals surface area contributed by atoms with Crippen molar-refractivity contribution in [2.45, 2.75) is 20.3 Å². The highest BCUT2D eigenvalue weighted by Gasteiger charge is 2.14. The molecule has 0 aromatic carbocycles. The fourth-order valence-electron chi connectivity index (χ4n) is 0.951. The lowest BCUT2D eigenvalue weighted by molar-refractivity contribution is -0.145. The molecule has 0 saturated carbocycles. The highest BCUT2D eigenvalue weighted by Crippen LogP contribution is 2.13. The first-order valence-electron chi connectivity index (χ1n) is 3.82. The van der Waals surface area contributed by atoms with Crippen LogP contribution in [0.25, 0.3) is 0 Å². The molecule has 0 N–H and O–H groups in total. The van der Waals surface area contributed by atoms with E-state index in [4.69, 9.17) is 0 Å². The van der Waals surface area contributed by atoms with Crippen LogP contribution < -0.4 is 0 Å². The van der Waals surface area contributed by atoms with Crippen molar-refractivity contribution in [3.05, 3.63) is 12.7 Å². The summed E-state index contributed by atoms with van der Waals surface area (Å²) < 4.78 is 4.58. The van der Waals surface area contributed by atoms with E-state index in [1.165, 1.54) is 7.11 Å². The van der Waals surface area contributed by atoms with Gasteiger partial charge in [0.15, 0.2) is 0 Å². The SMILES string of the molecule is C=C[C@H](C)C[C@H](C)C(=O)OC. The number of hydrogen-bond acceptors (Lipinski definition) is 2. The van der Waals surface area contributed by atoms with Crippen molar-refractivity contribution in [2.75, 3.05) is 7.11 Å². The summed E-state index contributed by atoms with van der Waals surface area (Å²) in [6, 6.07) is 0. The molecule has 0 aliphatic heterocycles. The molecule has 64 valence electrons. The number of hydrogen-bond donors (Lipinski definition) is 0. The number of allylic oxidation sites excluding steroid dienone is 1. The van der Waals surface area contributed by atoms with Gasteiger partial charge in [-0.05, 0) is 12.3 Å². The van der Waals surface area contributed by atoms with Crippen molar-refractivity contribution >= 4 is 5.97 Å². The Kier molecular flexibility index (Phi) is 4.59. The Hall–Kier alpha value is -0.790. The lowest BCUT2D eigenvalue weighted by Gasteiger charge is -2.11. The molecule has 0 aliphatic rings. The van der Waals surface area contributed by atoms with Gasteiger partial charge in [-0.1, -0.05) is 19.9 Å². The summed E-state index contributed by atoms with van der Waals surface area (Å²) in [5.74, 6) is 0.218. The molecule has 0 radical (unpaired) electrons. The summed E-state index contributed by atoms with van der Waals surface area (Å²) >= 11 is 0. The average Bonchev–Trinajstić information content (AvgIpc) is 2.02. The molecule has 11 heavy (non-hydrogen) atoms. The van der Waals surface area contributed by atoms with Crippen LogP contribution in [0.5, 0.6) is 0 Å². The van der Waals surface area contributed by atoms with Gasteiger partial charge in [-0.25, -0.2) is 0 Å². The second-order valence-corrected chi connectivity index (χ2v) is 2.87. The van der Waals surface area contributed by atoms with E-state index in [0.717, 1.165) is 6.42 Å². The molecule has 0 aliphatic carbocycles. The molecule has 0 amide bonds. The molecule has 0 rings (SSSR count). The molecule has 2 atom stereocenters. The first kappa shape index (κ1) is 10.2. The monoisotopic (exact) mass is 156 g/mol. The topological polar surface area (TPSA) is 26.3 Å². The third-order valence-corrected chi connectivity index (χ3v) is 1.73. The number of rotatable bonds is 4. The lowest BCUT2D eigenvalue weighted by Crippen LogP contribution is -2.14. The number of carbonyl (C=O) groups is 1. The second kappa shape index (κ2) is 4.94. The predicted octanol–water partition coefficient (Wildman–Crippen LogP) is 2.01. The van der Waals surface area contributed by atoms with Gasteiger partial charge in [-0.2, -0.15) is 0 Å². The van der Waals surface area contributed by atoms with Crippen LogP contribution in [0.3, 0.4) is 0 Å². The summed E-state index contributed by atoms with van der Waals surface area (Å²) in [6.07, 6.45) is 2.66. The van der Waals surface area contributed by atoms with Gasteiger partial charge in [0.1, 0.15) is 0 Å². The van der Waals surface area contributed by atoms with Crippen molar-refractivity contribution < 1.29 is 9.53 Å². The maximum absolute atomic E-state index is 10.9. The Morgan fingerprint density at radius 2 is 2.18 bits per heavy atom. The zero-order valence-electron chi connectivity index (χ0n) is 7.46. The molecule has 0 spiro atoms. The number of carbonyl (C=O) groups excluding carboxylic acids is 1. The van der Waals surface area contributed by atoms with Crippen LogP contribution in [-0.2, 0) is 9.53 Å². The molecule has 0 unspecified atom stereocenters. The Morgan fingerprint density at radius 1 is 1.64 bits per heavy atom. The Balaban J connectivity index is 3.76. The summed E-state index contributed by atoms with van der Waals surface area (Å²) in [4.78, 5) is 10.9. The van der Waals surface area contributed by atoms with E-state index in [1.807, 2.05) is 19.9 Å². The van der Waals surface area contributed by atoms with Crippen molar-refractivity contribution in [3.8, 4) is 0 Å². The first-order chi connectivity index (χ1) is 5.11. The quantitative estimate of drug-likeness (QED) is 0.459. The molecule has 0 aromatic heterocycles. The lowest BCUT2D eigenvalue weighted by atomic mass is 9.98. The molecular formula is C9H16O2. The fraction of sp³-hybridized carbons (Fsp3) is 0.667. The minimum atomic E-state index is -0.140. The first-order valence-corrected chi connectivity index (χ1v) is 3.82. The van der Waals surface area contributed by atoms with E-state index in [9.17, 15) is 4.79 Å². The van der Waals surface area contributed by atoms with Gasteiger partial charge in [-0.3, -0.25) is 4.79 Å². The molecule has 2 nitrogen and oxygen atoms in total. The number of ether oxygens (including phenoxy) is 1. The van der Waals surface area contributed by atoms with E-state index in [2.05, 4.69) is 11.3 Å². The average molecular weight is 156 g/mol. The number of esters is 1. The van der Waals surface area contributed by atoms with E-state index < -0.39 is 0 Å².